The lowest BCUT2D eigenvalue weighted by molar-refractivity contribution is -0.138. The monoisotopic (exact) mass is 305 g/mol. The Hall–Kier alpha value is -2.23. The average Bonchev–Trinajstić information content (AvgIpc) is 2.38. The highest BCUT2D eigenvalue weighted by Gasteiger charge is 2.19. The predicted molar refractivity (Wildman–Crippen MR) is 71.0 cm³/mol. The van der Waals surface area contributed by atoms with E-state index in [1.807, 2.05) is 0 Å². The van der Waals surface area contributed by atoms with Crippen LogP contribution in [0.25, 0.3) is 0 Å². The van der Waals surface area contributed by atoms with E-state index in [1.54, 1.807) is 0 Å². The number of aliphatic carboxylic acids is 2. The summed E-state index contributed by atoms with van der Waals surface area (Å²) in [6, 6.07) is -1.02. The van der Waals surface area contributed by atoms with Crippen molar-refractivity contribution in [1.82, 2.24) is 10.6 Å². The molecular formula is C10H15N3O6S. The lowest BCUT2D eigenvalue weighted by Crippen LogP contribution is -2.48. The maximum atomic E-state index is 11.5. The number of carboxylic acid groups (broad SMARTS) is 2. The third kappa shape index (κ3) is 7.26. The van der Waals surface area contributed by atoms with Gasteiger partial charge in [0.1, 0.15) is 18.3 Å². The van der Waals surface area contributed by atoms with Gasteiger partial charge in [-0.1, -0.05) is 0 Å². The van der Waals surface area contributed by atoms with E-state index in [2.05, 4.69) is 23.3 Å². The van der Waals surface area contributed by atoms with Gasteiger partial charge in [-0.15, -0.1) is 0 Å². The van der Waals surface area contributed by atoms with Gasteiger partial charge in [0.2, 0.25) is 11.8 Å². The Labute approximate surface area is 119 Å². The number of nitrogens with two attached hydrogens (primary N) is 1. The number of amides is 2. The van der Waals surface area contributed by atoms with Crippen LogP contribution in [0.1, 0.15) is 6.42 Å². The summed E-state index contributed by atoms with van der Waals surface area (Å²) >= 11 is 3.86. The van der Waals surface area contributed by atoms with E-state index in [9.17, 15) is 19.2 Å². The first-order chi connectivity index (χ1) is 9.27. The van der Waals surface area contributed by atoms with Gasteiger partial charge in [0.15, 0.2) is 0 Å². The third-order valence-corrected chi connectivity index (χ3v) is 2.37. The minimum Gasteiger partial charge on any atom is -0.480 e. The van der Waals surface area contributed by atoms with Crippen molar-refractivity contribution in [2.24, 2.45) is 5.73 Å². The molecule has 9 nitrogen and oxygen atoms in total. The van der Waals surface area contributed by atoms with Crippen molar-refractivity contribution < 1.29 is 29.4 Å². The van der Waals surface area contributed by atoms with Crippen LogP contribution in [0.3, 0.4) is 0 Å². The van der Waals surface area contributed by atoms with Crippen LogP contribution < -0.4 is 16.4 Å². The largest absolute Gasteiger partial charge is 0.480 e. The van der Waals surface area contributed by atoms with E-state index in [0.29, 0.717) is 0 Å². The summed E-state index contributed by atoms with van der Waals surface area (Å²) in [4.78, 5) is 43.6. The molecule has 1 unspecified atom stereocenters. The molecule has 1 atom stereocenters. The summed E-state index contributed by atoms with van der Waals surface area (Å²) in [7, 11) is 0. The number of carbonyl (C=O) groups excluding carboxylic acids is 2. The SMILES string of the molecule is N/C(=C\CC(=O)NC(CS)C(=O)NCC(=O)O)C(=O)O. The molecule has 0 aromatic carbocycles. The van der Waals surface area contributed by atoms with Gasteiger partial charge < -0.3 is 26.6 Å². The zero-order valence-corrected chi connectivity index (χ0v) is 11.2. The summed E-state index contributed by atoms with van der Waals surface area (Å²) in [5.41, 5.74) is 4.60. The van der Waals surface area contributed by atoms with Crippen molar-refractivity contribution in [3.05, 3.63) is 11.8 Å². The van der Waals surface area contributed by atoms with Crippen molar-refractivity contribution >= 4 is 36.4 Å². The Morgan fingerprint density at radius 3 is 2.30 bits per heavy atom. The lowest BCUT2D eigenvalue weighted by Gasteiger charge is -2.15. The molecule has 20 heavy (non-hydrogen) atoms. The van der Waals surface area contributed by atoms with Crippen molar-refractivity contribution in [3.8, 4) is 0 Å². The van der Waals surface area contributed by atoms with Crippen molar-refractivity contribution in [1.29, 1.82) is 0 Å². The fraction of sp³-hybridized carbons (Fsp3) is 0.400. The molecule has 0 aromatic heterocycles. The van der Waals surface area contributed by atoms with Crippen LogP contribution in [0.2, 0.25) is 0 Å². The van der Waals surface area contributed by atoms with E-state index in [0.717, 1.165) is 6.08 Å². The summed E-state index contributed by atoms with van der Waals surface area (Å²) in [6.45, 7) is -0.579. The van der Waals surface area contributed by atoms with Crippen LogP contribution in [-0.2, 0) is 19.2 Å². The second kappa shape index (κ2) is 8.80. The molecule has 0 spiro atoms. The van der Waals surface area contributed by atoms with E-state index >= 15 is 0 Å². The summed E-state index contributed by atoms with van der Waals surface area (Å²) in [6.07, 6.45) is 0.664. The summed E-state index contributed by atoms with van der Waals surface area (Å²) in [5.74, 6) is -3.97. The van der Waals surface area contributed by atoms with Crippen LogP contribution in [0.15, 0.2) is 11.8 Å². The lowest BCUT2D eigenvalue weighted by atomic mass is 10.2. The van der Waals surface area contributed by atoms with Gasteiger partial charge >= 0.3 is 11.9 Å². The van der Waals surface area contributed by atoms with Gasteiger partial charge in [-0.05, 0) is 6.08 Å². The number of hydrogen-bond acceptors (Lipinski definition) is 6. The number of thiol groups is 1. The number of hydrogen-bond donors (Lipinski definition) is 6. The maximum Gasteiger partial charge on any atom is 0.351 e. The maximum absolute atomic E-state index is 11.5. The first-order valence-corrected chi connectivity index (χ1v) is 5.99. The van der Waals surface area contributed by atoms with Crippen molar-refractivity contribution in [2.45, 2.75) is 12.5 Å². The Morgan fingerprint density at radius 1 is 1.25 bits per heavy atom. The fourth-order valence-corrected chi connectivity index (χ4v) is 1.28. The summed E-state index contributed by atoms with van der Waals surface area (Å²) in [5, 5.41) is 21.2. The fourth-order valence-electron chi connectivity index (χ4n) is 1.02. The molecule has 0 aromatic rings. The normalized spacial score (nSPS) is 12.3. The molecule has 0 heterocycles. The highest BCUT2D eigenvalue weighted by molar-refractivity contribution is 7.80. The smallest absolute Gasteiger partial charge is 0.351 e. The van der Waals surface area contributed by atoms with Gasteiger partial charge in [-0.3, -0.25) is 14.4 Å². The van der Waals surface area contributed by atoms with Gasteiger partial charge in [-0.2, -0.15) is 12.6 Å². The Bertz CT molecular complexity index is 437. The molecule has 0 fully saturated rings. The zero-order valence-electron chi connectivity index (χ0n) is 10.3. The first kappa shape index (κ1) is 17.8. The van der Waals surface area contributed by atoms with E-state index < -0.39 is 42.0 Å². The Balaban J connectivity index is 4.38. The highest BCUT2D eigenvalue weighted by Crippen LogP contribution is 1.94. The molecule has 0 saturated heterocycles. The Morgan fingerprint density at radius 2 is 1.85 bits per heavy atom. The van der Waals surface area contributed by atoms with Crippen LogP contribution in [0, 0.1) is 0 Å². The third-order valence-electron chi connectivity index (χ3n) is 2.00. The molecule has 2 amide bonds. The molecule has 0 saturated carbocycles. The predicted octanol–water partition coefficient (Wildman–Crippen LogP) is -2.08. The molecular weight excluding hydrogens is 290 g/mol. The molecule has 0 aliphatic carbocycles. The van der Waals surface area contributed by atoms with Gasteiger partial charge in [0.25, 0.3) is 0 Å². The number of carboxylic acids is 2. The van der Waals surface area contributed by atoms with Crippen LogP contribution >= 0.6 is 12.6 Å². The molecule has 0 aliphatic rings. The van der Waals surface area contributed by atoms with E-state index in [1.165, 1.54) is 0 Å². The quantitative estimate of drug-likeness (QED) is 0.222. The first-order valence-electron chi connectivity index (χ1n) is 5.36. The zero-order chi connectivity index (χ0) is 15.7. The minimum atomic E-state index is -1.36. The van der Waals surface area contributed by atoms with Gasteiger partial charge in [0, 0.05) is 12.2 Å². The molecule has 112 valence electrons. The number of nitrogens with one attached hydrogen (secondary N) is 2. The molecule has 0 bridgehead atoms. The van der Waals surface area contributed by atoms with Crippen LogP contribution in [0.4, 0.5) is 0 Å². The highest BCUT2D eigenvalue weighted by atomic mass is 32.1. The Kier molecular flexibility index (Phi) is 7.82. The second-order valence-electron chi connectivity index (χ2n) is 3.58. The van der Waals surface area contributed by atoms with Crippen LogP contribution in [0.5, 0.6) is 0 Å². The molecule has 0 aliphatic heterocycles. The molecule has 0 radical (unpaired) electrons. The molecule has 10 heteroatoms. The average molecular weight is 305 g/mol. The molecule has 0 rings (SSSR count). The number of rotatable bonds is 8. The van der Waals surface area contributed by atoms with Crippen molar-refractivity contribution in [2.75, 3.05) is 12.3 Å². The van der Waals surface area contributed by atoms with E-state index in [4.69, 9.17) is 15.9 Å². The minimum absolute atomic E-state index is 0.0463. The second-order valence-corrected chi connectivity index (χ2v) is 3.95. The number of carbonyl (C=O) groups is 4. The topological polar surface area (TPSA) is 159 Å². The molecule has 6 N–H and O–H groups in total. The van der Waals surface area contributed by atoms with Gasteiger partial charge in [-0.25, -0.2) is 4.79 Å². The van der Waals surface area contributed by atoms with Gasteiger partial charge in [0.05, 0.1) is 0 Å². The van der Waals surface area contributed by atoms with Crippen LogP contribution in [-0.4, -0.2) is 52.3 Å². The summed E-state index contributed by atoms with van der Waals surface area (Å²) < 4.78 is 0. The standard InChI is InChI=1S/C10H15N3O6S/c11-5(10(18)19)1-2-7(14)13-6(4-20)9(17)12-3-8(15)16/h1,6,20H,2-4,11H2,(H,12,17)(H,13,14)(H,15,16)(H,18,19)/b5-1-. The van der Waals surface area contributed by atoms with Crippen molar-refractivity contribution in [3.63, 3.8) is 0 Å². The van der Waals surface area contributed by atoms with E-state index in [-0.39, 0.29) is 12.2 Å².